The molecule has 100 valence electrons. The third kappa shape index (κ3) is 3.75. The van der Waals surface area contributed by atoms with E-state index in [0.717, 1.165) is 0 Å². The molecule has 0 aromatic heterocycles. The average Bonchev–Trinajstić information content (AvgIpc) is 2.37. The normalized spacial score (nSPS) is 12.4. The number of hydrogen-bond acceptors (Lipinski definition) is 1. The van der Waals surface area contributed by atoms with Gasteiger partial charge < -0.3 is 5.11 Å². The molecule has 0 saturated carbocycles. The van der Waals surface area contributed by atoms with Crippen LogP contribution in [0.3, 0.4) is 0 Å². The van der Waals surface area contributed by atoms with Crippen molar-refractivity contribution in [2.75, 3.05) is 0 Å². The van der Waals surface area contributed by atoms with E-state index in [9.17, 15) is 13.9 Å². The van der Waals surface area contributed by atoms with E-state index in [1.165, 1.54) is 24.3 Å². The summed E-state index contributed by atoms with van der Waals surface area (Å²) < 4.78 is 26.9. The Hall–Kier alpha value is -1.45. The van der Waals surface area contributed by atoms with Crippen LogP contribution in [0.2, 0.25) is 5.02 Å². The maximum atomic E-state index is 13.5. The molecule has 1 atom stereocenters. The summed E-state index contributed by atoms with van der Waals surface area (Å²) in [6.07, 6.45) is -0.621. The van der Waals surface area contributed by atoms with Crippen molar-refractivity contribution in [1.82, 2.24) is 0 Å². The maximum absolute atomic E-state index is 13.5. The zero-order valence-corrected chi connectivity index (χ0v) is 10.9. The molecule has 0 radical (unpaired) electrons. The molecule has 0 spiro atoms. The largest absolute Gasteiger partial charge is 0.392 e. The molecule has 0 heterocycles. The highest BCUT2D eigenvalue weighted by Crippen LogP contribution is 2.18. The van der Waals surface area contributed by atoms with Crippen LogP contribution in [-0.2, 0) is 12.8 Å². The van der Waals surface area contributed by atoms with Crippen LogP contribution in [0.5, 0.6) is 0 Å². The van der Waals surface area contributed by atoms with E-state index in [1.807, 2.05) is 0 Å². The standard InChI is InChI=1S/C15H13ClF2O/c16-12-5-6-15(18)11(7-12)9-13(19)8-10-3-1-2-4-14(10)17/h1-7,13,19H,8-9H2. The maximum Gasteiger partial charge on any atom is 0.126 e. The minimum Gasteiger partial charge on any atom is -0.392 e. The Labute approximate surface area is 115 Å². The molecular weight excluding hydrogens is 270 g/mol. The lowest BCUT2D eigenvalue weighted by atomic mass is 10.0. The molecule has 0 bridgehead atoms. The van der Waals surface area contributed by atoms with E-state index in [4.69, 9.17) is 11.6 Å². The molecular formula is C15H13ClF2O. The average molecular weight is 283 g/mol. The second-order valence-electron chi connectivity index (χ2n) is 4.39. The fourth-order valence-corrected chi connectivity index (χ4v) is 2.14. The van der Waals surface area contributed by atoms with Crippen LogP contribution in [0, 0.1) is 11.6 Å². The SMILES string of the molecule is OC(Cc1ccccc1F)Cc1cc(Cl)ccc1F. The zero-order valence-electron chi connectivity index (χ0n) is 10.1. The smallest absolute Gasteiger partial charge is 0.126 e. The summed E-state index contributed by atoms with van der Waals surface area (Å²) in [7, 11) is 0. The van der Waals surface area contributed by atoms with Crippen molar-refractivity contribution in [3.63, 3.8) is 0 Å². The summed E-state index contributed by atoms with van der Waals surface area (Å²) >= 11 is 5.78. The molecule has 0 aliphatic carbocycles. The van der Waals surface area contributed by atoms with Gasteiger partial charge >= 0.3 is 0 Å². The van der Waals surface area contributed by atoms with Crippen molar-refractivity contribution in [3.05, 3.63) is 70.2 Å². The molecule has 2 aromatic rings. The molecule has 2 aromatic carbocycles. The van der Waals surface area contributed by atoms with E-state index in [-0.39, 0.29) is 18.7 Å². The van der Waals surface area contributed by atoms with Crippen molar-refractivity contribution >= 4 is 11.6 Å². The van der Waals surface area contributed by atoms with Crippen LogP contribution in [0.4, 0.5) is 8.78 Å². The number of halogens is 3. The Morgan fingerprint density at radius 1 is 0.947 bits per heavy atom. The number of rotatable bonds is 4. The highest BCUT2D eigenvalue weighted by Gasteiger charge is 2.12. The van der Waals surface area contributed by atoms with Gasteiger partial charge in [-0.2, -0.15) is 0 Å². The second-order valence-corrected chi connectivity index (χ2v) is 4.83. The first-order valence-electron chi connectivity index (χ1n) is 5.91. The van der Waals surface area contributed by atoms with Crippen LogP contribution < -0.4 is 0 Å². The topological polar surface area (TPSA) is 20.2 Å². The third-order valence-electron chi connectivity index (χ3n) is 2.88. The van der Waals surface area contributed by atoms with Gasteiger partial charge in [-0.1, -0.05) is 29.8 Å². The molecule has 1 nitrogen and oxygen atoms in total. The van der Waals surface area contributed by atoms with Gasteiger partial charge in [-0.15, -0.1) is 0 Å². The van der Waals surface area contributed by atoms with Crippen LogP contribution in [-0.4, -0.2) is 11.2 Å². The summed E-state index contributed by atoms with van der Waals surface area (Å²) in [6.45, 7) is 0. The first kappa shape index (κ1) is 14.0. The van der Waals surface area contributed by atoms with Crippen molar-refractivity contribution in [1.29, 1.82) is 0 Å². The summed E-state index contributed by atoms with van der Waals surface area (Å²) in [5.41, 5.74) is 0.744. The molecule has 0 fully saturated rings. The van der Waals surface area contributed by atoms with Gasteiger partial charge in [0.2, 0.25) is 0 Å². The third-order valence-corrected chi connectivity index (χ3v) is 3.11. The lowest BCUT2D eigenvalue weighted by molar-refractivity contribution is 0.173. The minimum atomic E-state index is -0.857. The van der Waals surface area contributed by atoms with Crippen molar-refractivity contribution in [2.45, 2.75) is 18.9 Å². The monoisotopic (exact) mass is 282 g/mol. The Bertz CT molecular complexity index is 572. The second kappa shape index (κ2) is 6.13. The van der Waals surface area contributed by atoms with Crippen LogP contribution >= 0.6 is 11.6 Å². The van der Waals surface area contributed by atoms with Gasteiger partial charge in [0, 0.05) is 17.9 Å². The first-order valence-corrected chi connectivity index (χ1v) is 6.29. The van der Waals surface area contributed by atoms with Crippen molar-refractivity contribution in [2.24, 2.45) is 0 Å². The van der Waals surface area contributed by atoms with Gasteiger partial charge in [0.1, 0.15) is 11.6 Å². The van der Waals surface area contributed by atoms with Crippen molar-refractivity contribution < 1.29 is 13.9 Å². The van der Waals surface area contributed by atoms with Gasteiger partial charge in [-0.05, 0) is 35.4 Å². The van der Waals surface area contributed by atoms with Gasteiger partial charge in [0.05, 0.1) is 6.10 Å². The quantitative estimate of drug-likeness (QED) is 0.905. The summed E-state index contributed by atoms with van der Waals surface area (Å²) in [5.74, 6) is -0.787. The fraction of sp³-hybridized carbons (Fsp3) is 0.200. The number of aliphatic hydroxyl groups is 1. The molecule has 2 rings (SSSR count). The minimum absolute atomic E-state index is 0.0979. The Morgan fingerprint density at radius 3 is 2.32 bits per heavy atom. The van der Waals surface area contributed by atoms with Crippen molar-refractivity contribution in [3.8, 4) is 0 Å². The Morgan fingerprint density at radius 2 is 1.58 bits per heavy atom. The molecule has 0 saturated heterocycles. The summed E-state index contributed by atoms with van der Waals surface area (Å²) in [4.78, 5) is 0. The van der Waals surface area contributed by atoms with Gasteiger partial charge in [0.25, 0.3) is 0 Å². The molecule has 0 aliphatic heterocycles. The van der Waals surface area contributed by atoms with E-state index in [1.54, 1.807) is 18.2 Å². The first-order chi connectivity index (χ1) is 9.06. The van der Waals surface area contributed by atoms with Crippen LogP contribution in [0.1, 0.15) is 11.1 Å². The number of hydrogen-bond donors (Lipinski definition) is 1. The fourth-order valence-electron chi connectivity index (χ4n) is 1.94. The Kier molecular flexibility index (Phi) is 4.51. The lowest BCUT2D eigenvalue weighted by Gasteiger charge is -2.12. The van der Waals surface area contributed by atoms with Crippen LogP contribution in [0.25, 0.3) is 0 Å². The summed E-state index contributed by atoms with van der Waals surface area (Å²) in [5, 5.41) is 10.3. The molecule has 4 heteroatoms. The predicted octanol–water partition coefficient (Wildman–Crippen LogP) is 3.76. The molecule has 0 amide bonds. The van der Waals surface area contributed by atoms with Gasteiger partial charge in [0.15, 0.2) is 0 Å². The summed E-state index contributed by atoms with van der Waals surface area (Å²) in [6, 6.07) is 10.4. The Balaban J connectivity index is 2.07. The highest BCUT2D eigenvalue weighted by molar-refractivity contribution is 6.30. The molecule has 1 unspecified atom stereocenters. The van der Waals surface area contributed by atoms with Crippen LogP contribution in [0.15, 0.2) is 42.5 Å². The number of aliphatic hydroxyl groups excluding tert-OH is 1. The van der Waals surface area contributed by atoms with E-state index >= 15 is 0 Å². The number of benzene rings is 2. The molecule has 19 heavy (non-hydrogen) atoms. The highest BCUT2D eigenvalue weighted by atomic mass is 35.5. The van der Waals surface area contributed by atoms with E-state index < -0.39 is 11.9 Å². The predicted molar refractivity (Wildman–Crippen MR) is 71.2 cm³/mol. The molecule has 1 N–H and O–H groups in total. The van der Waals surface area contributed by atoms with Gasteiger partial charge in [-0.3, -0.25) is 0 Å². The zero-order chi connectivity index (χ0) is 13.8. The van der Waals surface area contributed by atoms with E-state index in [2.05, 4.69) is 0 Å². The van der Waals surface area contributed by atoms with E-state index in [0.29, 0.717) is 16.1 Å². The molecule has 0 aliphatic rings. The lowest BCUT2D eigenvalue weighted by Crippen LogP contribution is -2.15. The van der Waals surface area contributed by atoms with Gasteiger partial charge in [-0.25, -0.2) is 8.78 Å².